The average molecular weight is 530 g/mol. The van der Waals surface area contributed by atoms with Crippen molar-refractivity contribution in [2.45, 2.75) is 44.3 Å². The van der Waals surface area contributed by atoms with E-state index in [1.54, 1.807) is 38.3 Å². The van der Waals surface area contributed by atoms with Crippen LogP contribution in [0.4, 0.5) is 5.00 Å². The Morgan fingerprint density at radius 2 is 1.94 bits per heavy atom. The number of methoxy groups -OCH3 is 1. The molecule has 0 saturated heterocycles. The number of aromatic nitrogens is 3. The number of thioether (sulfide) groups is 1. The number of benzene rings is 1. The molecule has 0 unspecified atom stereocenters. The highest BCUT2D eigenvalue weighted by molar-refractivity contribution is 7.99. The van der Waals surface area contributed by atoms with Crippen molar-refractivity contribution in [3.05, 3.63) is 51.7 Å². The molecule has 0 atom stereocenters. The van der Waals surface area contributed by atoms with Crippen molar-refractivity contribution in [2.75, 3.05) is 24.8 Å². The molecule has 12 heteroatoms. The minimum Gasteiger partial charge on any atom is -0.497 e. The predicted octanol–water partition coefficient (Wildman–Crippen LogP) is 3.59. The molecule has 2 amide bonds. The number of hydrogen-bond acceptors (Lipinski definition) is 9. The average Bonchev–Trinajstić information content (AvgIpc) is 3.50. The number of aromatic amines is 1. The SMILES string of the molecule is CCOC(=O)c1c(NC(=O)CSc2n[nH]c(CNC(=O)c3ccc(OC)cc3)n2)sc2c1CCCC2. The van der Waals surface area contributed by atoms with Crippen LogP contribution in [0.25, 0.3) is 0 Å². The largest absolute Gasteiger partial charge is 0.497 e. The summed E-state index contributed by atoms with van der Waals surface area (Å²) in [4.78, 5) is 43.0. The maximum atomic E-state index is 12.6. The molecule has 3 N–H and O–H groups in total. The molecule has 190 valence electrons. The first-order valence-electron chi connectivity index (χ1n) is 11.6. The highest BCUT2D eigenvalue weighted by atomic mass is 32.2. The van der Waals surface area contributed by atoms with Gasteiger partial charge in [0.1, 0.15) is 16.6 Å². The second-order valence-corrected chi connectivity index (χ2v) is 10.00. The summed E-state index contributed by atoms with van der Waals surface area (Å²) in [5.41, 5.74) is 1.99. The molecule has 1 aliphatic rings. The molecule has 0 radical (unpaired) electrons. The molecule has 3 aromatic rings. The fourth-order valence-corrected chi connectivity index (χ4v) is 5.71. The molecule has 0 bridgehead atoms. The highest BCUT2D eigenvalue weighted by Crippen LogP contribution is 2.38. The van der Waals surface area contributed by atoms with Crippen LogP contribution in [-0.2, 0) is 28.9 Å². The van der Waals surface area contributed by atoms with Crippen molar-refractivity contribution < 1.29 is 23.9 Å². The Balaban J connectivity index is 1.30. The zero-order valence-corrected chi connectivity index (χ0v) is 21.6. The number of carbonyl (C=O) groups excluding carboxylic acids is 3. The lowest BCUT2D eigenvalue weighted by molar-refractivity contribution is -0.113. The van der Waals surface area contributed by atoms with Gasteiger partial charge in [-0.1, -0.05) is 11.8 Å². The van der Waals surface area contributed by atoms with Gasteiger partial charge < -0.3 is 20.1 Å². The van der Waals surface area contributed by atoms with Gasteiger partial charge in [0.25, 0.3) is 5.91 Å². The van der Waals surface area contributed by atoms with Crippen LogP contribution in [-0.4, -0.2) is 52.4 Å². The summed E-state index contributed by atoms with van der Waals surface area (Å²) >= 11 is 2.61. The van der Waals surface area contributed by atoms with Gasteiger partial charge in [-0.15, -0.1) is 16.4 Å². The first kappa shape index (κ1) is 25.7. The van der Waals surface area contributed by atoms with E-state index in [1.807, 2.05) is 0 Å². The van der Waals surface area contributed by atoms with E-state index in [2.05, 4.69) is 25.8 Å². The van der Waals surface area contributed by atoms with E-state index in [1.165, 1.54) is 11.3 Å². The third kappa shape index (κ3) is 6.24. The fourth-order valence-electron chi connectivity index (χ4n) is 3.80. The van der Waals surface area contributed by atoms with Crippen LogP contribution >= 0.6 is 23.1 Å². The monoisotopic (exact) mass is 529 g/mol. The summed E-state index contributed by atoms with van der Waals surface area (Å²) in [6.07, 6.45) is 3.82. The molecule has 0 saturated carbocycles. The van der Waals surface area contributed by atoms with Crippen LogP contribution in [0.2, 0.25) is 0 Å². The van der Waals surface area contributed by atoms with Crippen LogP contribution in [0.1, 0.15) is 56.7 Å². The lowest BCUT2D eigenvalue weighted by Crippen LogP contribution is -2.23. The lowest BCUT2D eigenvalue weighted by atomic mass is 9.95. The van der Waals surface area contributed by atoms with Crippen LogP contribution in [0, 0.1) is 0 Å². The number of aryl methyl sites for hydroxylation is 1. The number of nitrogens with one attached hydrogen (secondary N) is 3. The summed E-state index contributed by atoms with van der Waals surface area (Å²) in [6.45, 7) is 2.20. The molecule has 0 aliphatic heterocycles. The number of nitrogens with zero attached hydrogens (tertiary/aromatic N) is 2. The van der Waals surface area contributed by atoms with Crippen LogP contribution in [0.5, 0.6) is 5.75 Å². The van der Waals surface area contributed by atoms with Crippen LogP contribution in [0.3, 0.4) is 0 Å². The van der Waals surface area contributed by atoms with Crippen molar-refractivity contribution in [3.63, 3.8) is 0 Å². The fraction of sp³-hybridized carbons (Fsp3) is 0.375. The summed E-state index contributed by atoms with van der Waals surface area (Å²) in [5.74, 6) is 0.302. The van der Waals surface area contributed by atoms with E-state index in [0.717, 1.165) is 47.9 Å². The topological polar surface area (TPSA) is 135 Å². The number of anilines is 1. The molecule has 0 fully saturated rings. The molecule has 36 heavy (non-hydrogen) atoms. The summed E-state index contributed by atoms with van der Waals surface area (Å²) in [6, 6.07) is 6.77. The van der Waals surface area contributed by atoms with Gasteiger partial charge in [0.15, 0.2) is 0 Å². The Kier molecular flexibility index (Phi) is 8.60. The maximum absolute atomic E-state index is 12.6. The standard InChI is InChI=1S/C24H27N5O5S2/c1-3-34-23(32)20-16-6-4-5-7-17(16)36-22(20)27-19(30)13-35-24-26-18(28-29-24)12-25-21(31)14-8-10-15(33-2)11-9-14/h8-11H,3-7,12-13H2,1-2H3,(H,25,31)(H,27,30)(H,26,28,29). The van der Waals surface area contributed by atoms with E-state index in [9.17, 15) is 14.4 Å². The predicted molar refractivity (Wildman–Crippen MR) is 137 cm³/mol. The molecule has 2 heterocycles. The quantitative estimate of drug-likeness (QED) is 0.268. The number of esters is 1. The van der Waals surface area contributed by atoms with Gasteiger partial charge in [0.2, 0.25) is 11.1 Å². The van der Waals surface area contributed by atoms with Crippen molar-refractivity contribution >= 4 is 45.9 Å². The van der Waals surface area contributed by atoms with E-state index in [-0.39, 0.29) is 30.7 Å². The van der Waals surface area contributed by atoms with Gasteiger partial charge in [-0.2, -0.15) is 0 Å². The molecule has 10 nitrogen and oxygen atoms in total. The zero-order chi connectivity index (χ0) is 25.5. The number of ether oxygens (including phenoxy) is 2. The van der Waals surface area contributed by atoms with Gasteiger partial charge in [0.05, 0.1) is 31.6 Å². The Morgan fingerprint density at radius 1 is 1.17 bits per heavy atom. The number of H-pyrrole nitrogens is 1. The van der Waals surface area contributed by atoms with E-state index in [0.29, 0.717) is 32.9 Å². The van der Waals surface area contributed by atoms with Gasteiger partial charge in [-0.25, -0.2) is 9.78 Å². The second kappa shape index (κ2) is 12.0. The molecule has 2 aromatic heterocycles. The normalized spacial score (nSPS) is 12.5. The number of carbonyl (C=O) groups is 3. The smallest absolute Gasteiger partial charge is 0.341 e. The number of amides is 2. The number of hydrogen-bond donors (Lipinski definition) is 3. The summed E-state index contributed by atoms with van der Waals surface area (Å²) < 4.78 is 10.3. The van der Waals surface area contributed by atoms with Gasteiger partial charge in [0, 0.05) is 10.4 Å². The third-order valence-corrected chi connectivity index (χ3v) is 7.57. The molecule has 4 rings (SSSR count). The van der Waals surface area contributed by atoms with Crippen molar-refractivity contribution in [1.29, 1.82) is 0 Å². The molecule has 1 aliphatic carbocycles. The van der Waals surface area contributed by atoms with Crippen molar-refractivity contribution in [3.8, 4) is 5.75 Å². The Hall–Kier alpha value is -3.38. The first-order chi connectivity index (χ1) is 17.5. The zero-order valence-electron chi connectivity index (χ0n) is 20.0. The number of fused-ring (bicyclic) bond motifs is 1. The molecular weight excluding hydrogens is 502 g/mol. The summed E-state index contributed by atoms with van der Waals surface area (Å²) in [5, 5.41) is 13.4. The minimum absolute atomic E-state index is 0.0698. The molecule has 0 spiro atoms. The third-order valence-electron chi connectivity index (χ3n) is 5.52. The van der Waals surface area contributed by atoms with Gasteiger partial charge in [-0.3, -0.25) is 14.7 Å². The second-order valence-electron chi connectivity index (χ2n) is 7.95. The van der Waals surface area contributed by atoms with Crippen molar-refractivity contribution in [2.24, 2.45) is 0 Å². The number of rotatable bonds is 10. The molecule has 1 aromatic carbocycles. The maximum Gasteiger partial charge on any atom is 0.341 e. The highest BCUT2D eigenvalue weighted by Gasteiger charge is 2.27. The summed E-state index contributed by atoms with van der Waals surface area (Å²) in [7, 11) is 1.56. The Bertz CT molecular complexity index is 1240. The van der Waals surface area contributed by atoms with E-state index < -0.39 is 5.97 Å². The van der Waals surface area contributed by atoms with Gasteiger partial charge in [-0.05, 0) is 62.4 Å². The Labute approximate surface area is 216 Å². The molecular formula is C24H27N5O5S2. The first-order valence-corrected chi connectivity index (χ1v) is 13.4. The van der Waals surface area contributed by atoms with E-state index in [4.69, 9.17) is 9.47 Å². The number of thiophene rings is 1. The van der Waals surface area contributed by atoms with Gasteiger partial charge >= 0.3 is 5.97 Å². The van der Waals surface area contributed by atoms with E-state index >= 15 is 0 Å². The van der Waals surface area contributed by atoms with Crippen molar-refractivity contribution in [1.82, 2.24) is 20.5 Å². The lowest BCUT2D eigenvalue weighted by Gasteiger charge is -2.12. The minimum atomic E-state index is -0.393. The Morgan fingerprint density at radius 3 is 2.69 bits per heavy atom. The van der Waals surface area contributed by atoms with Crippen LogP contribution in [0.15, 0.2) is 29.4 Å². The van der Waals surface area contributed by atoms with Crippen LogP contribution < -0.4 is 15.4 Å².